The van der Waals surface area contributed by atoms with Crippen LogP contribution in [0.1, 0.15) is 31.9 Å². The van der Waals surface area contributed by atoms with Gasteiger partial charge in [0.2, 0.25) is 5.91 Å². The van der Waals surface area contributed by atoms with Crippen molar-refractivity contribution in [3.8, 4) is 5.75 Å². The maximum atomic E-state index is 12.7. The number of hydrogen-bond acceptors (Lipinski definition) is 8. The fraction of sp³-hybridized carbons (Fsp3) is 0.407. The molecule has 2 amide bonds. The highest BCUT2D eigenvalue weighted by molar-refractivity contribution is 5.87. The molecule has 2 aromatic carbocycles. The summed E-state index contributed by atoms with van der Waals surface area (Å²) in [5.74, 6) is -1.05. The van der Waals surface area contributed by atoms with Crippen molar-refractivity contribution in [2.24, 2.45) is 5.92 Å². The predicted molar refractivity (Wildman–Crippen MR) is 135 cm³/mol. The Balaban J connectivity index is 1.90. The number of ether oxygens (including phenoxy) is 4. The first-order valence-corrected chi connectivity index (χ1v) is 12.0. The highest BCUT2D eigenvalue weighted by atomic mass is 16.6. The zero-order valence-electron chi connectivity index (χ0n) is 21.4. The second-order valence-corrected chi connectivity index (χ2v) is 8.50. The lowest BCUT2D eigenvalue weighted by Gasteiger charge is -2.19. The molecule has 0 saturated carbocycles. The summed E-state index contributed by atoms with van der Waals surface area (Å²) in [7, 11) is 0. The minimum atomic E-state index is -0.973. The fourth-order valence-corrected chi connectivity index (χ4v) is 3.02. The van der Waals surface area contributed by atoms with Gasteiger partial charge in [-0.25, -0.2) is 14.4 Å². The number of carbonyl (C=O) groups is 4. The summed E-state index contributed by atoms with van der Waals surface area (Å²) in [6.07, 6.45) is -0.601. The van der Waals surface area contributed by atoms with Crippen LogP contribution in [-0.2, 0) is 41.6 Å². The van der Waals surface area contributed by atoms with Crippen molar-refractivity contribution < 1.29 is 38.1 Å². The van der Waals surface area contributed by atoms with Crippen LogP contribution in [-0.4, -0.2) is 56.3 Å². The summed E-state index contributed by atoms with van der Waals surface area (Å²) in [5.41, 5.74) is 1.54. The third-order valence-electron chi connectivity index (χ3n) is 4.81. The first kappa shape index (κ1) is 29.2. The number of benzene rings is 2. The van der Waals surface area contributed by atoms with E-state index >= 15 is 0 Å². The van der Waals surface area contributed by atoms with Gasteiger partial charge in [-0.2, -0.15) is 0 Å². The van der Waals surface area contributed by atoms with Gasteiger partial charge in [0, 0.05) is 6.42 Å². The van der Waals surface area contributed by atoms with Gasteiger partial charge in [0.1, 0.15) is 24.9 Å². The minimum absolute atomic E-state index is 0.0674. The molecule has 200 valence electrons. The second kappa shape index (κ2) is 15.8. The van der Waals surface area contributed by atoms with Crippen molar-refractivity contribution >= 4 is 23.9 Å². The average Bonchev–Trinajstić information content (AvgIpc) is 2.89. The quantitative estimate of drug-likeness (QED) is 0.291. The van der Waals surface area contributed by atoms with E-state index in [0.717, 1.165) is 11.1 Å². The van der Waals surface area contributed by atoms with Crippen LogP contribution in [0.15, 0.2) is 54.6 Å². The van der Waals surface area contributed by atoms with Gasteiger partial charge in [0.25, 0.3) is 0 Å². The summed E-state index contributed by atoms with van der Waals surface area (Å²) in [4.78, 5) is 48.5. The fourth-order valence-electron chi connectivity index (χ4n) is 3.02. The predicted octanol–water partition coefficient (Wildman–Crippen LogP) is 2.78. The van der Waals surface area contributed by atoms with Crippen LogP contribution in [0.3, 0.4) is 0 Å². The van der Waals surface area contributed by atoms with Gasteiger partial charge in [0.05, 0.1) is 13.2 Å². The molecule has 0 aliphatic heterocycles. The van der Waals surface area contributed by atoms with Gasteiger partial charge in [0.15, 0.2) is 6.61 Å². The molecule has 0 heterocycles. The summed E-state index contributed by atoms with van der Waals surface area (Å²) in [5, 5.41) is 4.98. The van der Waals surface area contributed by atoms with Crippen molar-refractivity contribution in [2.45, 2.75) is 39.8 Å². The molecular weight excluding hydrogens is 480 g/mol. The molecule has 2 rings (SSSR count). The number of rotatable bonds is 14. The monoisotopic (exact) mass is 514 g/mol. The van der Waals surface area contributed by atoms with Crippen LogP contribution in [0.4, 0.5) is 4.79 Å². The van der Waals surface area contributed by atoms with Crippen LogP contribution >= 0.6 is 0 Å². The summed E-state index contributed by atoms with van der Waals surface area (Å²) < 4.78 is 20.6. The highest BCUT2D eigenvalue weighted by Crippen LogP contribution is 2.14. The van der Waals surface area contributed by atoms with Gasteiger partial charge in [-0.1, -0.05) is 56.3 Å². The Morgan fingerprint density at radius 2 is 1.57 bits per heavy atom. The van der Waals surface area contributed by atoms with E-state index in [1.807, 2.05) is 44.2 Å². The lowest BCUT2D eigenvalue weighted by atomic mass is 10.1. The highest BCUT2D eigenvalue weighted by Gasteiger charge is 2.23. The normalized spacial score (nSPS) is 11.2. The minimum Gasteiger partial charge on any atom is -0.482 e. The van der Waals surface area contributed by atoms with E-state index in [-0.39, 0.29) is 45.3 Å². The lowest BCUT2D eigenvalue weighted by Crippen LogP contribution is -2.47. The third-order valence-corrected chi connectivity index (χ3v) is 4.81. The Kier molecular flexibility index (Phi) is 12.5. The largest absolute Gasteiger partial charge is 0.482 e. The van der Waals surface area contributed by atoms with Gasteiger partial charge >= 0.3 is 18.0 Å². The molecule has 1 atom stereocenters. The Hall–Kier alpha value is -4.08. The molecule has 0 radical (unpaired) electrons. The molecule has 0 spiro atoms. The first-order valence-electron chi connectivity index (χ1n) is 12.0. The second-order valence-electron chi connectivity index (χ2n) is 8.50. The van der Waals surface area contributed by atoms with E-state index in [1.54, 1.807) is 31.2 Å². The molecule has 10 heteroatoms. The molecule has 2 aromatic rings. The van der Waals surface area contributed by atoms with Gasteiger partial charge in [-0.3, -0.25) is 4.79 Å². The molecule has 0 aliphatic carbocycles. The van der Waals surface area contributed by atoms with Crippen LogP contribution in [0, 0.1) is 5.92 Å². The number of carbonyl (C=O) groups excluding carboxylic acids is 4. The number of alkyl carbamates (subject to hydrolysis) is 1. The van der Waals surface area contributed by atoms with Crippen molar-refractivity contribution in [1.29, 1.82) is 0 Å². The van der Waals surface area contributed by atoms with E-state index < -0.39 is 30.0 Å². The number of hydrogen-bond donors (Lipinski definition) is 2. The zero-order valence-corrected chi connectivity index (χ0v) is 21.4. The lowest BCUT2D eigenvalue weighted by molar-refractivity contribution is -0.148. The molecule has 10 nitrogen and oxygen atoms in total. The molecule has 37 heavy (non-hydrogen) atoms. The van der Waals surface area contributed by atoms with Gasteiger partial charge < -0.3 is 29.6 Å². The van der Waals surface area contributed by atoms with Gasteiger partial charge in [-0.15, -0.1) is 0 Å². The Labute approximate surface area is 216 Å². The van der Waals surface area contributed by atoms with Crippen molar-refractivity contribution in [1.82, 2.24) is 10.6 Å². The number of nitrogens with one attached hydrogen (secondary N) is 2. The van der Waals surface area contributed by atoms with Crippen LogP contribution in [0.25, 0.3) is 0 Å². The number of esters is 2. The SMILES string of the molecule is CCOC(=O)COc1ccc(C[C@H](NC(=O)CNC(=O)OCc2ccccc2)C(=O)OCC(C)C)cc1. The molecular formula is C27H34N2O8. The third kappa shape index (κ3) is 11.9. The van der Waals surface area contributed by atoms with Crippen LogP contribution < -0.4 is 15.4 Å². The maximum Gasteiger partial charge on any atom is 0.407 e. The molecule has 0 aromatic heterocycles. The number of amides is 2. The Morgan fingerprint density at radius 1 is 0.865 bits per heavy atom. The van der Waals surface area contributed by atoms with E-state index in [1.165, 1.54) is 0 Å². The zero-order chi connectivity index (χ0) is 27.0. The smallest absolute Gasteiger partial charge is 0.407 e. The van der Waals surface area contributed by atoms with Crippen LogP contribution in [0.2, 0.25) is 0 Å². The van der Waals surface area contributed by atoms with E-state index in [2.05, 4.69) is 10.6 Å². The molecule has 0 unspecified atom stereocenters. The maximum absolute atomic E-state index is 12.7. The van der Waals surface area contributed by atoms with Crippen molar-refractivity contribution in [2.75, 3.05) is 26.4 Å². The standard InChI is InChI=1S/C27H34N2O8/c1-4-34-25(31)18-35-22-12-10-20(11-13-22)14-23(26(32)36-16-19(2)3)29-24(30)15-28-27(33)37-17-21-8-6-5-7-9-21/h5-13,19,23H,4,14-18H2,1-3H3,(H,28,33)(H,29,30)/t23-/m0/s1. The first-order chi connectivity index (χ1) is 17.8. The molecule has 0 saturated heterocycles. The van der Waals surface area contributed by atoms with E-state index in [9.17, 15) is 19.2 Å². The average molecular weight is 515 g/mol. The van der Waals surface area contributed by atoms with E-state index in [4.69, 9.17) is 18.9 Å². The molecule has 0 fully saturated rings. The van der Waals surface area contributed by atoms with Crippen LogP contribution in [0.5, 0.6) is 5.75 Å². The molecule has 0 aliphatic rings. The van der Waals surface area contributed by atoms with Crippen molar-refractivity contribution in [3.63, 3.8) is 0 Å². The molecule has 2 N–H and O–H groups in total. The molecule has 0 bridgehead atoms. The summed E-state index contributed by atoms with van der Waals surface area (Å²) in [6, 6.07) is 14.9. The summed E-state index contributed by atoms with van der Waals surface area (Å²) in [6.45, 7) is 5.47. The van der Waals surface area contributed by atoms with Gasteiger partial charge in [-0.05, 0) is 36.1 Å². The Morgan fingerprint density at radius 3 is 2.22 bits per heavy atom. The Bertz CT molecular complexity index is 1010. The van der Waals surface area contributed by atoms with Crippen molar-refractivity contribution in [3.05, 3.63) is 65.7 Å². The summed E-state index contributed by atoms with van der Waals surface area (Å²) >= 11 is 0. The van der Waals surface area contributed by atoms with E-state index in [0.29, 0.717) is 5.75 Å². The topological polar surface area (TPSA) is 129 Å².